The Hall–Kier alpha value is -2.31. The summed E-state index contributed by atoms with van der Waals surface area (Å²) in [6.07, 6.45) is -4.08. The molecule has 96 valence electrons. The molecule has 1 rings (SSSR count). The summed E-state index contributed by atoms with van der Waals surface area (Å²) in [5, 5.41) is 17.6. The van der Waals surface area contributed by atoms with Crippen molar-refractivity contribution >= 4 is 17.5 Å². The second-order valence-electron chi connectivity index (χ2n) is 3.27. The van der Waals surface area contributed by atoms with Gasteiger partial charge in [0.1, 0.15) is 5.76 Å². The van der Waals surface area contributed by atoms with Gasteiger partial charge in [-0.2, -0.15) is 13.2 Å². The Balaban J connectivity index is 2.99. The van der Waals surface area contributed by atoms with Crippen molar-refractivity contribution in [3.05, 3.63) is 41.5 Å². The van der Waals surface area contributed by atoms with E-state index in [-0.39, 0.29) is 5.56 Å². The molecule has 4 nitrogen and oxygen atoms in total. The Morgan fingerprint density at radius 1 is 1.06 bits per heavy atom. The number of carboxylic acids is 1. The topological polar surface area (TPSA) is 74.6 Å². The molecule has 1 aromatic carbocycles. The lowest BCUT2D eigenvalue weighted by atomic mass is 10.1. The smallest absolute Gasteiger partial charge is 0.416 e. The molecule has 1 aromatic rings. The molecule has 0 saturated heterocycles. The minimum Gasteiger partial charge on any atom is -0.507 e. The van der Waals surface area contributed by atoms with E-state index >= 15 is 0 Å². The van der Waals surface area contributed by atoms with Crippen molar-refractivity contribution in [3.63, 3.8) is 0 Å². The second-order valence-corrected chi connectivity index (χ2v) is 3.27. The van der Waals surface area contributed by atoms with Crippen LogP contribution in [-0.4, -0.2) is 22.0 Å². The summed E-state index contributed by atoms with van der Waals surface area (Å²) >= 11 is 0. The lowest BCUT2D eigenvalue weighted by Crippen LogP contribution is -2.09. The third-order valence-electron chi connectivity index (χ3n) is 1.99. The van der Waals surface area contributed by atoms with E-state index in [4.69, 9.17) is 5.11 Å². The van der Waals surface area contributed by atoms with Gasteiger partial charge in [-0.25, -0.2) is 4.79 Å². The maximum atomic E-state index is 12.2. The molecule has 18 heavy (non-hydrogen) atoms. The Labute approximate surface area is 99.0 Å². The molecule has 7 heteroatoms. The monoisotopic (exact) mass is 260 g/mol. The molecule has 0 spiro atoms. The van der Waals surface area contributed by atoms with Gasteiger partial charge < -0.3 is 10.2 Å². The molecule has 0 radical (unpaired) electrons. The van der Waals surface area contributed by atoms with Crippen LogP contribution in [0.5, 0.6) is 0 Å². The summed E-state index contributed by atoms with van der Waals surface area (Å²) in [5.41, 5.74) is -0.999. The molecule has 0 unspecified atom stereocenters. The number of aliphatic carboxylic acids is 1. The predicted molar refractivity (Wildman–Crippen MR) is 54.7 cm³/mol. The maximum absolute atomic E-state index is 12.2. The lowest BCUT2D eigenvalue weighted by molar-refractivity contribution is -0.146. The quantitative estimate of drug-likeness (QED) is 0.496. The first-order chi connectivity index (χ1) is 8.21. The summed E-state index contributed by atoms with van der Waals surface area (Å²) in [4.78, 5) is 20.9. The highest BCUT2D eigenvalue weighted by atomic mass is 19.4. The summed E-state index contributed by atoms with van der Waals surface area (Å²) in [6.45, 7) is 0. The summed E-state index contributed by atoms with van der Waals surface area (Å²) < 4.78 is 36.7. The van der Waals surface area contributed by atoms with E-state index in [1.165, 1.54) is 0 Å². The van der Waals surface area contributed by atoms with Gasteiger partial charge in [0, 0.05) is 11.6 Å². The third kappa shape index (κ3) is 3.34. The van der Waals surface area contributed by atoms with Gasteiger partial charge >= 0.3 is 12.1 Å². The fourth-order valence-corrected chi connectivity index (χ4v) is 1.10. The van der Waals surface area contributed by atoms with Crippen LogP contribution in [0.2, 0.25) is 0 Å². The average Bonchev–Trinajstić information content (AvgIpc) is 2.27. The molecule has 0 saturated carbocycles. The van der Waals surface area contributed by atoms with E-state index in [9.17, 15) is 27.9 Å². The number of carbonyl (C=O) groups is 2. The van der Waals surface area contributed by atoms with Crippen molar-refractivity contribution in [1.82, 2.24) is 0 Å². The van der Waals surface area contributed by atoms with Crippen LogP contribution in [0.1, 0.15) is 11.1 Å². The lowest BCUT2D eigenvalue weighted by Gasteiger charge is -2.07. The van der Waals surface area contributed by atoms with Crippen LogP contribution in [0.3, 0.4) is 0 Å². The highest BCUT2D eigenvalue weighted by Gasteiger charge is 2.30. The number of benzene rings is 1. The van der Waals surface area contributed by atoms with E-state index in [2.05, 4.69) is 0 Å². The number of carbonyl (C=O) groups excluding carboxylic acids is 1. The predicted octanol–water partition coefficient (Wildman–Crippen LogP) is 2.26. The molecule has 0 aromatic heterocycles. The first-order valence-corrected chi connectivity index (χ1v) is 4.57. The molecule has 0 heterocycles. The molecule has 0 fully saturated rings. The standard InChI is InChI=1S/C11H7F3O4/c12-11(13,14)7-3-1-6(2-4-7)8(15)5-9(16)10(17)18/h1-5,15H,(H,17,18)/b8-5-. The highest BCUT2D eigenvalue weighted by molar-refractivity contribution is 6.38. The van der Waals surface area contributed by atoms with Gasteiger partial charge in [-0.1, -0.05) is 12.1 Å². The number of hydrogen-bond acceptors (Lipinski definition) is 3. The second kappa shape index (κ2) is 4.91. The summed E-state index contributed by atoms with van der Waals surface area (Å²) in [7, 11) is 0. The minimum absolute atomic E-state index is 0.0856. The molecule has 0 aliphatic carbocycles. The zero-order chi connectivity index (χ0) is 13.9. The van der Waals surface area contributed by atoms with Crippen molar-refractivity contribution in [2.45, 2.75) is 6.18 Å². The average molecular weight is 260 g/mol. The molecular formula is C11H7F3O4. The first-order valence-electron chi connectivity index (χ1n) is 4.57. The van der Waals surface area contributed by atoms with Gasteiger partial charge in [0.2, 0.25) is 0 Å². The van der Waals surface area contributed by atoms with Gasteiger partial charge in [0.15, 0.2) is 0 Å². The van der Waals surface area contributed by atoms with Crippen molar-refractivity contribution in [1.29, 1.82) is 0 Å². The van der Waals surface area contributed by atoms with E-state index in [0.717, 1.165) is 12.1 Å². The van der Waals surface area contributed by atoms with Crippen LogP contribution in [0.25, 0.3) is 5.76 Å². The van der Waals surface area contributed by atoms with Gasteiger partial charge in [-0.15, -0.1) is 0 Å². The van der Waals surface area contributed by atoms with Gasteiger partial charge in [-0.05, 0) is 12.1 Å². The van der Waals surface area contributed by atoms with Crippen LogP contribution >= 0.6 is 0 Å². The number of ketones is 1. The normalized spacial score (nSPS) is 12.3. The Morgan fingerprint density at radius 3 is 1.94 bits per heavy atom. The molecule has 0 aliphatic rings. The summed E-state index contributed by atoms with van der Waals surface area (Å²) in [6, 6.07) is 3.29. The van der Waals surface area contributed by atoms with E-state index in [1.54, 1.807) is 0 Å². The molecule has 0 bridgehead atoms. The Bertz CT molecular complexity index is 500. The number of rotatable bonds is 3. The number of hydrogen-bond donors (Lipinski definition) is 2. The van der Waals surface area contributed by atoms with Gasteiger partial charge in [0.25, 0.3) is 5.78 Å². The largest absolute Gasteiger partial charge is 0.507 e. The Kier molecular flexibility index (Phi) is 3.75. The zero-order valence-electron chi connectivity index (χ0n) is 8.73. The van der Waals surface area contributed by atoms with Gasteiger partial charge in [0.05, 0.1) is 5.56 Å². The van der Waals surface area contributed by atoms with Crippen LogP contribution < -0.4 is 0 Å². The van der Waals surface area contributed by atoms with Crippen LogP contribution in [0, 0.1) is 0 Å². The number of aliphatic hydroxyl groups excluding tert-OH is 1. The molecule has 2 N–H and O–H groups in total. The van der Waals surface area contributed by atoms with Crippen molar-refractivity contribution in [2.75, 3.05) is 0 Å². The molecule has 0 atom stereocenters. The molecule has 0 amide bonds. The van der Waals surface area contributed by atoms with E-state index < -0.39 is 29.3 Å². The van der Waals surface area contributed by atoms with Crippen molar-refractivity contribution in [2.24, 2.45) is 0 Å². The fourth-order valence-electron chi connectivity index (χ4n) is 1.10. The molecular weight excluding hydrogens is 253 g/mol. The van der Waals surface area contributed by atoms with Crippen molar-refractivity contribution < 1.29 is 33.0 Å². The highest BCUT2D eigenvalue weighted by Crippen LogP contribution is 2.29. The SMILES string of the molecule is O=C(O)C(=O)/C=C(\O)c1ccc(C(F)(F)F)cc1. The van der Waals surface area contributed by atoms with Gasteiger partial charge in [-0.3, -0.25) is 4.79 Å². The summed E-state index contributed by atoms with van der Waals surface area (Å²) in [5.74, 6) is -3.85. The molecule has 0 aliphatic heterocycles. The zero-order valence-corrected chi connectivity index (χ0v) is 8.73. The number of carboxylic acid groups (broad SMARTS) is 1. The maximum Gasteiger partial charge on any atom is 0.416 e. The number of aliphatic hydroxyl groups is 1. The fraction of sp³-hybridized carbons (Fsp3) is 0.0909. The van der Waals surface area contributed by atoms with E-state index in [1.807, 2.05) is 0 Å². The van der Waals surface area contributed by atoms with Crippen LogP contribution in [0.15, 0.2) is 30.3 Å². The Morgan fingerprint density at radius 2 is 1.56 bits per heavy atom. The van der Waals surface area contributed by atoms with Crippen LogP contribution in [0.4, 0.5) is 13.2 Å². The van der Waals surface area contributed by atoms with E-state index in [0.29, 0.717) is 18.2 Å². The first kappa shape index (κ1) is 13.8. The van der Waals surface area contributed by atoms with Crippen LogP contribution in [-0.2, 0) is 15.8 Å². The number of alkyl halides is 3. The van der Waals surface area contributed by atoms with Crippen molar-refractivity contribution in [3.8, 4) is 0 Å². The minimum atomic E-state index is -4.51. The number of halogens is 3. The third-order valence-corrected chi connectivity index (χ3v) is 1.99.